The van der Waals surface area contributed by atoms with Gasteiger partial charge in [0.25, 0.3) is 5.91 Å². The molecule has 1 aliphatic rings. The molecule has 1 aromatic carbocycles. The molecular weight excluding hydrogens is 396 g/mol. The van der Waals surface area contributed by atoms with Crippen LogP contribution in [0.15, 0.2) is 34.4 Å². The van der Waals surface area contributed by atoms with Crippen molar-refractivity contribution in [2.45, 2.75) is 24.0 Å². The number of methoxy groups -OCH3 is 1. The molecule has 2 rings (SSSR count). The van der Waals surface area contributed by atoms with Crippen LogP contribution in [0.1, 0.15) is 13.8 Å². The molecule has 0 aliphatic carbocycles. The summed E-state index contributed by atoms with van der Waals surface area (Å²) in [5.74, 6) is -1.22. The van der Waals surface area contributed by atoms with Crippen LogP contribution in [0.3, 0.4) is 0 Å². The zero-order valence-electron chi connectivity index (χ0n) is 15.2. The quantitative estimate of drug-likeness (QED) is 0.642. The summed E-state index contributed by atoms with van der Waals surface area (Å²) in [5, 5.41) is 11.4. The lowest BCUT2D eigenvalue weighted by Crippen LogP contribution is -2.31. The number of β-amino-alcohol motifs (C(OH)–C–C–N with tert-alkyl or cyclic N) is 1. The van der Waals surface area contributed by atoms with Gasteiger partial charge in [-0.15, -0.1) is 0 Å². The Hall–Kier alpha value is -2.10. The number of anilines is 1. The molecule has 0 saturated carbocycles. The van der Waals surface area contributed by atoms with Gasteiger partial charge in [0.05, 0.1) is 46.7 Å². The highest BCUT2D eigenvalue weighted by Crippen LogP contribution is 2.30. The lowest BCUT2D eigenvalue weighted by atomic mass is 10.2. The first-order chi connectivity index (χ1) is 12.6. The molecule has 0 aromatic heterocycles. The minimum atomic E-state index is -3.55. The van der Waals surface area contributed by atoms with E-state index in [1.54, 1.807) is 13.8 Å². The summed E-state index contributed by atoms with van der Waals surface area (Å²) in [4.78, 5) is 25.9. The third-order valence-corrected chi connectivity index (χ3v) is 6.58. The van der Waals surface area contributed by atoms with E-state index in [2.05, 4.69) is 5.32 Å². The standard InChI is InChI=1S/C17H21ClN2O6S/c1-10(2)27(24,25)11-4-5-13(18)14(8-11)19-15-12(17(23)26-3)9-20(6-7-21)16(15)22/h4-5,8,10,19,21H,6-7,9H2,1-3H3. The number of benzene rings is 1. The Bertz CT molecular complexity index is 895. The first-order valence-corrected chi connectivity index (χ1v) is 10.1. The SMILES string of the molecule is COC(=O)C1=C(Nc2cc(S(=O)(=O)C(C)C)ccc2Cl)C(=O)N(CCO)C1. The number of rotatable bonds is 7. The van der Waals surface area contributed by atoms with Crippen LogP contribution in [0.4, 0.5) is 5.69 Å². The van der Waals surface area contributed by atoms with Crippen LogP contribution in [-0.2, 0) is 24.2 Å². The first kappa shape index (κ1) is 21.2. The Morgan fingerprint density at radius 2 is 2.07 bits per heavy atom. The van der Waals surface area contributed by atoms with E-state index in [0.717, 1.165) is 0 Å². The van der Waals surface area contributed by atoms with Crippen LogP contribution < -0.4 is 5.32 Å². The summed E-state index contributed by atoms with van der Waals surface area (Å²) < 4.78 is 29.5. The van der Waals surface area contributed by atoms with Gasteiger partial charge < -0.3 is 20.1 Å². The van der Waals surface area contributed by atoms with Crippen molar-refractivity contribution in [3.05, 3.63) is 34.5 Å². The van der Waals surface area contributed by atoms with Gasteiger partial charge in [0.2, 0.25) is 0 Å². The van der Waals surface area contributed by atoms with Crippen LogP contribution in [0.5, 0.6) is 0 Å². The van der Waals surface area contributed by atoms with Crippen LogP contribution >= 0.6 is 11.6 Å². The number of nitrogens with zero attached hydrogens (tertiary/aromatic N) is 1. The molecule has 8 nitrogen and oxygen atoms in total. The summed E-state index contributed by atoms with van der Waals surface area (Å²) in [7, 11) is -2.36. The Morgan fingerprint density at radius 1 is 1.41 bits per heavy atom. The fourth-order valence-corrected chi connectivity index (χ4v) is 3.78. The number of aliphatic hydroxyl groups is 1. The van der Waals surface area contributed by atoms with Gasteiger partial charge in [-0.25, -0.2) is 13.2 Å². The van der Waals surface area contributed by atoms with Gasteiger partial charge in [-0.1, -0.05) is 11.6 Å². The van der Waals surface area contributed by atoms with E-state index in [4.69, 9.17) is 21.4 Å². The summed E-state index contributed by atoms with van der Waals surface area (Å²) in [6.45, 7) is 2.86. The second-order valence-electron chi connectivity index (χ2n) is 6.16. The van der Waals surface area contributed by atoms with Crippen molar-refractivity contribution in [1.29, 1.82) is 0 Å². The molecule has 2 N–H and O–H groups in total. The fourth-order valence-electron chi connectivity index (χ4n) is 2.53. The Labute approximate surface area is 162 Å². The molecule has 27 heavy (non-hydrogen) atoms. The molecule has 0 radical (unpaired) electrons. The Morgan fingerprint density at radius 3 is 2.63 bits per heavy atom. The highest BCUT2D eigenvalue weighted by molar-refractivity contribution is 7.92. The lowest BCUT2D eigenvalue weighted by Gasteiger charge is -2.16. The first-order valence-electron chi connectivity index (χ1n) is 8.15. The van der Waals surface area contributed by atoms with Crippen molar-refractivity contribution >= 4 is 39.0 Å². The van der Waals surface area contributed by atoms with E-state index in [1.165, 1.54) is 30.2 Å². The minimum Gasteiger partial charge on any atom is -0.466 e. The Kier molecular flexibility index (Phi) is 6.50. The van der Waals surface area contributed by atoms with Crippen molar-refractivity contribution in [2.75, 3.05) is 32.1 Å². The van der Waals surface area contributed by atoms with Crippen molar-refractivity contribution in [1.82, 2.24) is 4.90 Å². The topological polar surface area (TPSA) is 113 Å². The molecule has 1 amide bonds. The number of amides is 1. The third kappa shape index (κ3) is 4.26. The zero-order valence-corrected chi connectivity index (χ0v) is 16.7. The van der Waals surface area contributed by atoms with Gasteiger partial charge in [-0.05, 0) is 32.0 Å². The number of ether oxygens (including phenoxy) is 1. The van der Waals surface area contributed by atoms with Crippen LogP contribution in [0, 0.1) is 0 Å². The molecular formula is C17H21ClN2O6S. The van der Waals surface area contributed by atoms with Gasteiger partial charge >= 0.3 is 5.97 Å². The molecule has 0 saturated heterocycles. The van der Waals surface area contributed by atoms with Crippen LogP contribution in [0.25, 0.3) is 0 Å². The van der Waals surface area contributed by atoms with Crippen molar-refractivity contribution < 1.29 is 27.9 Å². The summed E-state index contributed by atoms with van der Waals surface area (Å²) >= 11 is 6.15. The average Bonchev–Trinajstić information content (AvgIpc) is 2.92. The molecule has 1 aliphatic heterocycles. The number of halogens is 1. The molecule has 0 bridgehead atoms. The molecule has 0 unspecified atom stereocenters. The van der Waals surface area contributed by atoms with Gasteiger partial charge in [-0.2, -0.15) is 0 Å². The largest absolute Gasteiger partial charge is 0.466 e. The van der Waals surface area contributed by atoms with E-state index in [1.807, 2.05) is 0 Å². The van der Waals surface area contributed by atoms with E-state index < -0.39 is 27.0 Å². The van der Waals surface area contributed by atoms with E-state index in [9.17, 15) is 18.0 Å². The number of nitrogens with one attached hydrogen (secondary N) is 1. The second kappa shape index (κ2) is 8.28. The van der Waals surface area contributed by atoms with E-state index in [0.29, 0.717) is 0 Å². The number of hydrogen-bond donors (Lipinski definition) is 2. The molecule has 0 fully saturated rings. The average molecular weight is 417 g/mol. The smallest absolute Gasteiger partial charge is 0.337 e. The summed E-state index contributed by atoms with van der Waals surface area (Å²) in [6, 6.07) is 4.11. The van der Waals surface area contributed by atoms with Crippen molar-refractivity contribution in [2.24, 2.45) is 0 Å². The number of aliphatic hydroxyl groups excluding tert-OH is 1. The van der Waals surface area contributed by atoms with Crippen LogP contribution in [-0.4, -0.2) is 62.4 Å². The molecule has 1 heterocycles. The van der Waals surface area contributed by atoms with Gasteiger partial charge in [0.1, 0.15) is 5.70 Å². The van der Waals surface area contributed by atoms with Crippen LogP contribution in [0.2, 0.25) is 5.02 Å². The van der Waals surface area contributed by atoms with Crippen molar-refractivity contribution in [3.8, 4) is 0 Å². The number of esters is 1. The van der Waals surface area contributed by atoms with E-state index in [-0.39, 0.29) is 46.6 Å². The van der Waals surface area contributed by atoms with Crippen molar-refractivity contribution in [3.63, 3.8) is 0 Å². The molecule has 10 heteroatoms. The molecule has 0 spiro atoms. The third-order valence-electron chi connectivity index (χ3n) is 4.10. The normalized spacial score (nSPS) is 14.9. The number of carbonyl (C=O) groups is 2. The fraction of sp³-hybridized carbons (Fsp3) is 0.412. The maximum Gasteiger partial charge on any atom is 0.337 e. The highest BCUT2D eigenvalue weighted by Gasteiger charge is 2.35. The van der Waals surface area contributed by atoms with Gasteiger partial charge in [0, 0.05) is 6.54 Å². The minimum absolute atomic E-state index is 0.0317. The number of hydrogen-bond acceptors (Lipinski definition) is 7. The molecule has 148 valence electrons. The predicted molar refractivity (Wildman–Crippen MR) is 100 cm³/mol. The maximum absolute atomic E-state index is 12.6. The number of carbonyl (C=O) groups excluding carboxylic acids is 2. The monoisotopic (exact) mass is 416 g/mol. The van der Waals surface area contributed by atoms with Gasteiger partial charge in [0.15, 0.2) is 9.84 Å². The molecule has 1 aromatic rings. The summed E-state index contributed by atoms with van der Waals surface area (Å²) in [6.07, 6.45) is 0. The highest BCUT2D eigenvalue weighted by atomic mass is 35.5. The molecule has 0 atom stereocenters. The maximum atomic E-state index is 12.6. The van der Waals surface area contributed by atoms with E-state index >= 15 is 0 Å². The Balaban J connectivity index is 2.47. The van der Waals surface area contributed by atoms with Gasteiger partial charge in [-0.3, -0.25) is 4.79 Å². The summed E-state index contributed by atoms with van der Waals surface area (Å²) in [5.41, 5.74) is 0.189. The number of sulfone groups is 1. The zero-order chi connectivity index (χ0) is 20.4. The lowest BCUT2D eigenvalue weighted by molar-refractivity contribution is -0.136. The second-order valence-corrected chi connectivity index (χ2v) is 9.07. The predicted octanol–water partition coefficient (Wildman–Crippen LogP) is 1.20.